The third kappa shape index (κ3) is 72.2. The normalized spacial score (nSPS) is 14.1. The summed E-state index contributed by atoms with van der Waals surface area (Å²) in [6.45, 7) is 14.2. The van der Waals surface area contributed by atoms with Gasteiger partial charge in [-0.3, -0.25) is 37.3 Å². The van der Waals surface area contributed by atoms with Crippen molar-refractivity contribution >= 4 is 39.5 Å². The van der Waals surface area contributed by atoms with Gasteiger partial charge in [0.05, 0.1) is 26.4 Å². The number of phosphoric ester groups is 2. The fourth-order valence-corrected chi connectivity index (χ4v) is 13.5. The average molecular weight is 1420 g/mol. The van der Waals surface area contributed by atoms with E-state index in [9.17, 15) is 43.2 Å². The number of rotatable bonds is 75. The summed E-state index contributed by atoms with van der Waals surface area (Å²) in [6.07, 6.45) is 52.8. The largest absolute Gasteiger partial charge is 0.472 e. The van der Waals surface area contributed by atoms with E-state index < -0.39 is 97.5 Å². The number of ether oxygens (including phenoxy) is 4. The molecule has 0 radical (unpaired) electrons. The van der Waals surface area contributed by atoms with Crippen molar-refractivity contribution in [1.29, 1.82) is 0 Å². The van der Waals surface area contributed by atoms with Gasteiger partial charge in [-0.15, -0.1) is 0 Å². The Hall–Kier alpha value is -1.94. The first-order chi connectivity index (χ1) is 46.6. The van der Waals surface area contributed by atoms with E-state index in [0.717, 1.165) is 114 Å². The molecule has 0 fully saturated rings. The van der Waals surface area contributed by atoms with E-state index in [2.05, 4.69) is 55.4 Å². The lowest BCUT2D eigenvalue weighted by Crippen LogP contribution is -2.30. The van der Waals surface area contributed by atoms with Crippen molar-refractivity contribution in [3.8, 4) is 0 Å². The topological polar surface area (TPSA) is 237 Å². The van der Waals surface area contributed by atoms with Crippen LogP contribution < -0.4 is 0 Å². The molecule has 0 aromatic heterocycles. The lowest BCUT2D eigenvalue weighted by atomic mass is 10.0. The van der Waals surface area contributed by atoms with Gasteiger partial charge in [-0.1, -0.05) is 344 Å². The highest BCUT2D eigenvalue weighted by atomic mass is 31.2. The van der Waals surface area contributed by atoms with Gasteiger partial charge in [0.2, 0.25) is 0 Å². The van der Waals surface area contributed by atoms with Crippen LogP contribution >= 0.6 is 15.6 Å². The van der Waals surface area contributed by atoms with Crippen LogP contribution in [-0.4, -0.2) is 96.7 Å². The second-order valence-corrected chi connectivity index (χ2v) is 32.9. The van der Waals surface area contributed by atoms with Gasteiger partial charge in [0.25, 0.3) is 0 Å². The fourth-order valence-electron chi connectivity index (χ4n) is 11.9. The first kappa shape index (κ1) is 95.1. The van der Waals surface area contributed by atoms with E-state index in [1.54, 1.807) is 0 Å². The highest BCUT2D eigenvalue weighted by Crippen LogP contribution is 2.45. The van der Waals surface area contributed by atoms with Gasteiger partial charge in [-0.25, -0.2) is 9.13 Å². The lowest BCUT2D eigenvalue weighted by molar-refractivity contribution is -0.161. The number of esters is 4. The number of hydrogen-bond donors (Lipinski definition) is 3. The molecular formula is C78H152O17P2. The number of carbonyl (C=O) groups is 4. The van der Waals surface area contributed by atoms with Crippen LogP contribution in [0.2, 0.25) is 0 Å². The van der Waals surface area contributed by atoms with Gasteiger partial charge in [-0.2, -0.15) is 0 Å². The van der Waals surface area contributed by atoms with Gasteiger partial charge in [-0.05, 0) is 49.4 Å². The number of aliphatic hydroxyl groups excluding tert-OH is 1. The monoisotopic (exact) mass is 1420 g/mol. The molecule has 0 aliphatic rings. The second kappa shape index (κ2) is 67.2. The molecule has 0 bridgehead atoms. The molecule has 0 aliphatic heterocycles. The molecule has 19 heteroatoms. The molecular weight excluding hydrogens is 1270 g/mol. The maximum atomic E-state index is 13.1. The minimum absolute atomic E-state index is 0.106. The Morgan fingerprint density at radius 2 is 0.433 bits per heavy atom. The molecule has 0 spiro atoms. The Morgan fingerprint density at radius 3 is 0.639 bits per heavy atom. The zero-order valence-corrected chi connectivity index (χ0v) is 65.5. The average Bonchev–Trinajstić information content (AvgIpc) is 1.51. The summed E-state index contributed by atoms with van der Waals surface area (Å²) < 4.78 is 68.6. The van der Waals surface area contributed by atoms with Crippen LogP contribution in [0.5, 0.6) is 0 Å². The summed E-state index contributed by atoms with van der Waals surface area (Å²) in [7, 11) is -9.92. The molecule has 3 N–H and O–H groups in total. The second-order valence-electron chi connectivity index (χ2n) is 30.0. The van der Waals surface area contributed by atoms with E-state index in [-0.39, 0.29) is 25.7 Å². The maximum Gasteiger partial charge on any atom is 0.472 e. The van der Waals surface area contributed by atoms with Crippen LogP contribution in [0.25, 0.3) is 0 Å². The summed E-state index contributed by atoms with van der Waals surface area (Å²) in [5.74, 6) is 0.920. The molecule has 0 amide bonds. The highest BCUT2D eigenvalue weighted by molar-refractivity contribution is 7.47. The van der Waals surface area contributed by atoms with E-state index >= 15 is 0 Å². The van der Waals surface area contributed by atoms with Gasteiger partial charge in [0.1, 0.15) is 19.3 Å². The first-order valence-electron chi connectivity index (χ1n) is 40.2. The summed E-state index contributed by atoms with van der Waals surface area (Å²) in [5.41, 5.74) is 0. The molecule has 0 rings (SSSR count). The van der Waals surface area contributed by atoms with E-state index in [0.29, 0.717) is 31.6 Å². The third-order valence-corrected chi connectivity index (χ3v) is 20.0. The maximum absolute atomic E-state index is 13.1. The van der Waals surface area contributed by atoms with Gasteiger partial charge in [0, 0.05) is 25.7 Å². The minimum Gasteiger partial charge on any atom is -0.462 e. The lowest BCUT2D eigenvalue weighted by Gasteiger charge is -2.21. The molecule has 0 aromatic rings. The van der Waals surface area contributed by atoms with Crippen molar-refractivity contribution in [3.05, 3.63) is 0 Å². The Bertz CT molecular complexity index is 1900. The van der Waals surface area contributed by atoms with Crippen LogP contribution in [0.15, 0.2) is 0 Å². The van der Waals surface area contributed by atoms with Crippen molar-refractivity contribution in [1.82, 2.24) is 0 Å². The number of aliphatic hydroxyl groups is 1. The number of phosphoric acid groups is 2. The summed E-state index contributed by atoms with van der Waals surface area (Å²) >= 11 is 0. The van der Waals surface area contributed by atoms with Crippen LogP contribution in [0.1, 0.15) is 396 Å². The van der Waals surface area contributed by atoms with Crippen molar-refractivity contribution in [2.75, 3.05) is 39.6 Å². The third-order valence-electron chi connectivity index (χ3n) is 18.1. The molecule has 0 heterocycles. The Morgan fingerprint density at radius 1 is 0.258 bits per heavy atom. The minimum atomic E-state index is -4.96. The van der Waals surface area contributed by atoms with Crippen molar-refractivity contribution in [2.24, 2.45) is 23.7 Å². The molecule has 97 heavy (non-hydrogen) atoms. The zero-order chi connectivity index (χ0) is 71.7. The Kier molecular flexibility index (Phi) is 65.9. The number of hydrogen-bond acceptors (Lipinski definition) is 15. The van der Waals surface area contributed by atoms with Crippen LogP contribution in [0, 0.1) is 23.7 Å². The van der Waals surface area contributed by atoms with Crippen molar-refractivity contribution < 1.29 is 80.2 Å². The van der Waals surface area contributed by atoms with Gasteiger partial charge in [0.15, 0.2) is 12.2 Å². The number of unbranched alkanes of at least 4 members (excludes halogenated alkanes) is 41. The first-order valence-corrected chi connectivity index (χ1v) is 43.2. The highest BCUT2D eigenvalue weighted by Gasteiger charge is 2.30. The van der Waals surface area contributed by atoms with Gasteiger partial charge < -0.3 is 33.8 Å². The predicted octanol–water partition coefficient (Wildman–Crippen LogP) is 22.8. The molecule has 0 saturated heterocycles. The van der Waals surface area contributed by atoms with Crippen LogP contribution in [-0.2, 0) is 65.4 Å². The van der Waals surface area contributed by atoms with E-state index in [4.69, 9.17) is 37.0 Å². The van der Waals surface area contributed by atoms with Gasteiger partial charge >= 0.3 is 39.5 Å². The molecule has 0 aromatic carbocycles. The standard InChI is InChI=1S/C78H152O17P2/c1-68(2)54-46-38-30-24-18-13-9-11-15-21-27-33-42-50-58-75(80)88-64-73(94-78(83)61-53-45-35-29-23-17-20-26-32-40-48-56-70(5)6)66-92-96(84,85)90-62-72(79)63-91-97(86,87)93-67-74(65-89-76(81)59-51-43-37-36-41-49-57-71(7)8)95-77(82)60-52-44-34-28-22-16-12-10-14-19-25-31-39-47-55-69(3)4/h68-74,79H,9-67H2,1-8H3,(H,84,85)(H,86,87)/t72?,73-,74-/m1/s1. The molecule has 576 valence electrons. The summed E-state index contributed by atoms with van der Waals surface area (Å²) in [4.78, 5) is 72.9. The molecule has 3 unspecified atom stereocenters. The quantitative estimate of drug-likeness (QED) is 0.0222. The summed E-state index contributed by atoms with van der Waals surface area (Å²) in [6, 6.07) is 0. The Balaban J connectivity index is 5.22. The number of carbonyl (C=O) groups excluding carboxylic acids is 4. The fraction of sp³-hybridized carbons (Fsp3) is 0.949. The molecule has 5 atom stereocenters. The van der Waals surface area contributed by atoms with Crippen molar-refractivity contribution in [2.45, 2.75) is 414 Å². The Labute approximate surface area is 594 Å². The summed E-state index contributed by atoms with van der Waals surface area (Å²) in [5, 5.41) is 10.6. The van der Waals surface area contributed by atoms with Crippen LogP contribution in [0.4, 0.5) is 0 Å². The molecule has 0 saturated carbocycles. The van der Waals surface area contributed by atoms with E-state index in [1.165, 1.54) is 193 Å². The molecule has 17 nitrogen and oxygen atoms in total. The van der Waals surface area contributed by atoms with Crippen LogP contribution in [0.3, 0.4) is 0 Å². The smallest absolute Gasteiger partial charge is 0.462 e. The molecule has 0 aliphatic carbocycles. The van der Waals surface area contributed by atoms with E-state index in [1.807, 2.05) is 0 Å². The SMILES string of the molecule is CC(C)CCCCCCCCCCCCCCCCC(=O)OC[C@H](COP(=O)(O)OCC(O)COP(=O)(O)OC[C@@H](COC(=O)CCCCCCCCC(C)C)OC(=O)CCCCCCCCCCCCCCCCC(C)C)OC(=O)CCCCCCCCCCCCCC(C)C. The van der Waals surface area contributed by atoms with Crippen molar-refractivity contribution in [3.63, 3.8) is 0 Å². The predicted molar refractivity (Wildman–Crippen MR) is 395 cm³/mol. The zero-order valence-electron chi connectivity index (χ0n) is 63.7.